The normalized spacial score (nSPS) is 12.1. The number of aryl methyl sites for hydroxylation is 1. The van der Waals surface area contributed by atoms with E-state index in [2.05, 4.69) is 48.1 Å². The summed E-state index contributed by atoms with van der Waals surface area (Å²) >= 11 is 0. The second kappa shape index (κ2) is 8.70. The smallest absolute Gasteiger partial charge is 0.306 e. The maximum Gasteiger partial charge on any atom is 0.306 e. The van der Waals surface area contributed by atoms with Crippen LogP contribution < -0.4 is 5.32 Å². The fourth-order valence-electron chi connectivity index (χ4n) is 3.62. The number of nitrogens with one attached hydrogen (secondary N) is 1. The number of fused-ring (bicyclic) bond motifs is 1. The van der Waals surface area contributed by atoms with Crippen LogP contribution in [0, 0.1) is 18.2 Å². The molecule has 0 spiro atoms. The van der Waals surface area contributed by atoms with Gasteiger partial charge < -0.3 is 14.6 Å². The minimum atomic E-state index is -0.277. The number of imidazole rings is 1. The Hall–Kier alpha value is -3.26. The van der Waals surface area contributed by atoms with Crippen molar-refractivity contribution in [2.75, 3.05) is 32.5 Å². The predicted molar refractivity (Wildman–Crippen MR) is 124 cm³/mol. The molecule has 0 unspecified atom stereocenters. The van der Waals surface area contributed by atoms with E-state index < -0.39 is 0 Å². The summed E-state index contributed by atoms with van der Waals surface area (Å²) in [6.07, 6.45) is 6.18. The first-order valence-electron chi connectivity index (χ1n) is 10.7. The van der Waals surface area contributed by atoms with Crippen LogP contribution in [-0.4, -0.2) is 51.4 Å². The molecule has 0 aliphatic heterocycles. The van der Waals surface area contributed by atoms with Gasteiger partial charge in [-0.15, -0.1) is 0 Å². The summed E-state index contributed by atoms with van der Waals surface area (Å²) in [5.74, 6) is 0.735. The van der Waals surface area contributed by atoms with Gasteiger partial charge in [0, 0.05) is 24.5 Å². The monoisotopic (exact) mass is 436 g/mol. The standard InChI is InChI=1S/C24H29FN6O/c1-16-14-17(25)6-7-18(16)20-21(31-12-13-32-23(31)29-20)19-8-10-26-22(28-19)27-15-24(2,3)9-11-30(4)5/h6-8,10,12-14H,9,11,15H2,1-5H3,(H,26,27,28). The molecule has 8 heteroatoms. The Morgan fingerprint density at radius 3 is 2.75 bits per heavy atom. The van der Waals surface area contributed by atoms with Gasteiger partial charge >= 0.3 is 5.84 Å². The van der Waals surface area contributed by atoms with E-state index in [9.17, 15) is 4.39 Å². The maximum absolute atomic E-state index is 13.7. The Morgan fingerprint density at radius 2 is 2.00 bits per heavy atom. The minimum Gasteiger partial charge on any atom is -0.432 e. The molecule has 1 N–H and O–H groups in total. The first kappa shape index (κ1) is 22.0. The quantitative estimate of drug-likeness (QED) is 0.424. The Labute approximate surface area is 187 Å². The second-order valence-corrected chi connectivity index (χ2v) is 9.16. The van der Waals surface area contributed by atoms with Crippen LogP contribution in [0.25, 0.3) is 28.5 Å². The molecule has 168 valence electrons. The van der Waals surface area contributed by atoms with E-state index in [4.69, 9.17) is 9.40 Å². The van der Waals surface area contributed by atoms with Crippen LogP contribution in [0.15, 0.2) is 47.3 Å². The highest BCUT2D eigenvalue weighted by Crippen LogP contribution is 2.34. The lowest BCUT2D eigenvalue weighted by Crippen LogP contribution is -2.28. The van der Waals surface area contributed by atoms with Crippen molar-refractivity contribution in [1.29, 1.82) is 0 Å². The average Bonchev–Trinajstić information content (AvgIpc) is 3.32. The van der Waals surface area contributed by atoms with Crippen molar-refractivity contribution >= 4 is 11.8 Å². The van der Waals surface area contributed by atoms with Crippen LogP contribution in [0.3, 0.4) is 0 Å². The number of rotatable bonds is 8. The molecule has 0 aliphatic carbocycles. The number of anilines is 1. The number of halogens is 1. The predicted octanol–water partition coefficient (Wildman–Crippen LogP) is 4.89. The molecule has 0 aliphatic rings. The summed E-state index contributed by atoms with van der Waals surface area (Å²) in [5, 5.41) is 3.39. The number of hydrogen-bond donors (Lipinski definition) is 1. The first-order chi connectivity index (χ1) is 15.2. The maximum atomic E-state index is 13.7. The largest absolute Gasteiger partial charge is 0.432 e. The summed E-state index contributed by atoms with van der Waals surface area (Å²) in [6, 6.07) is 6.53. The van der Waals surface area contributed by atoms with Crippen molar-refractivity contribution < 1.29 is 8.81 Å². The van der Waals surface area contributed by atoms with Gasteiger partial charge in [0.05, 0.1) is 5.69 Å². The van der Waals surface area contributed by atoms with Gasteiger partial charge in [-0.1, -0.05) is 13.8 Å². The van der Waals surface area contributed by atoms with E-state index >= 15 is 0 Å². The van der Waals surface area contributed by atoms with Crippen molar-refractivity contribution in [1.82, 2.24) is 24.3 Å². The topological polar surface area (TPSA) is 71.5 Å². The van der Waals surface area contributed by atoms with Crippen LogP contribution in [-0.2, 0) is 0 Å². The van der Waals surface area contributed by atoms with Gasteiger partial charge in [0.1, 0.15) is 23.5 Å². The van der Waals surface area contributed by atoms with Crippen LogP contribution in [0.2, 0.25) is 0 Å². The molecule has 3 aromatic heterocycles. The van der Waals surface area contributed by atoms with Gasteiger partial charge in [0.15, 0.2) is 0 Å². The third-order valence-corrected chi connectivity index (χ3v) is 5.56. The van der Waals surface area contributed by atoms with Crippen molar-refractivity contribution in [2.24, 2.45) is 5.41 Å². The van der Waals surface area contributed by atoms with E-state index in [-0.39, 0.29) is 11.2 Å². The molecule has 0 fully saturated rings. The van der Waals surface area contributed by atoms with Gasteiger partial charge in [-0.3, -0.25) is 4.40 Å². The zero-order valence-corrected chi connectivity index (χ0v) is 19.2. The Bertz CT molecular complexity index is 1230. The zero-order chi connectivity index (χ0) is 22.9. The molecular formula is C24H29FN6O. The first-order valence-corrected chi connectivity index (χ1v) is 10.7. The zero-order valence-electron chi connectivity index (χ0n) is 19.2. The molecule has 0 amide bonds. The van der Waals surface area contributed by atoms with E-state index in [1.807, 2.05) is 17.4 Å². The SMILES string of the molecule is Cc1cc(F)ccc1-c1nc2occn2c1-c1ccnc(NCC(C)(C)CCN(C)C)n1. The summed E-state index contributed by atoms with van der Waals surface area (Å²) in [6.45, 7) is 8.10. The minimum absolute atomic E-state index is 0.0917. The van der Waals surface area contributed by atoms with Crippen molar-refractivity contribution in [3.8, 4) is 22.6 Å². The summed E-state index contributed by atoms with van der Waals surface area (Å²) in [7, 11) is 4.16. The number of benzene rings is 1. The van der Waals surface area contributed by atoms with Gasteiger partial charge in [-0.2, -0.15) is 4.98 Å². The Morgan fingerprint density at radius 1 is 1.19 bits per heavy atom. The number of nitrogens with zero attached hydrogens (tertiary/aromatic N) is 5. The van der Waals surface area contributed by atoms with Crippen molar-refractivity contribution in [2.45, 2.75) is 27.2 Å². The highest BCUT2D eigenvalue weighted by atomic mass is 19.1. The highest BCUT2D eigenvalue weighted by Gasteiger charge is 2.22. The number of hydrogen-bond acceptors (Lipinski definition) is 6. The van der Waals surface area contributed by atoms with Crippen LogP contribution in [0.5, 0.6) is 0 Å². The summed E-state index contributed by atoms with van der Waals surface area (Å²) < 4.78 is 21.1. The Balaban J connectivity index is 1.67. The lowest BCUT2D eigenvalue weighted by atomic mass is 9.89. The van der Waals surface area contributed by atoms with E-state index in [1.54, 1.807) is 24.7 Å². The molecule has 4 aromatic rings. The van der Waals surface area contributed by atoms with Crippen LogP contribution in [0.4, 0.5) is 10.3 Å². The number of aromatic nitrogens is 4. The molecular weight excluding hydrogens is 407 g/mol. The molecule has 32 heavy (non-hydrogen) atoms. The van der Waals surface area contributed by atoms with Crippen molar-refractivity contribution in [3.63, 3.8) is 0 Å². The molecule has 0 radical (unpaired) electrons. The molecule has 1 aromatic carbocycles. The molecule has 0 atom stereocenters. The average molecular weight is 437 g/mol. The fourth-order valence-corrected chi connectivity index (χ4v) is 3.62. The number of oxazole rings is 1. The van der Waals surface area contributed by atoms with Gasteiger partial charge in [-0.05, 0) is 69.2 Å². The second-order valence-electron chi connectivity index (χ2n) is 9.16. The van der Waals surface area contributed by atoms with E-state index in [1.165, 1.54) is 12.1 Å². The molecule has 0 saturated heterocycles. The molecule has 0 bridgehead atoms. The summed E-state index contributed by atoms with van der Waals surface area (Å²) in [4.78, 5) is 16.0. The van der Waals surface area contributed by atoms with Gasteiger partial charge in [-0.25, -0.2) is 14.4 Å². The molecule has 0 saturated carbocycles. The van der Waals surface area contributed by atoms with E-state index in [0.29, 0.717) is 23.2 Å². The molecule has 4 rings (SSSR count). The van der Waals surface area contributed by atoms with E-state index in [0.717, 1.165) is 36.3 Å². The van der Waals surface area contributed by atoms with Gasteiger partial charge in [0.25, 0.3) is 0 Å². The molecule has 3 heterocycles. The third-order valence-electron chi connectivity index (χ3n) is 5.56. The van der Waals surface area contributed by atoms with Crippen molar-refractivity contribution in [3.05, 3.63) is 54.3 Å². The third kappa shape index (κ3) is 4.65. The fraction of sp³-hybridized carbons (Fsp3) is 0.375. The van der Waals surface area contributed by atoms with Crippen LogP contribution >= 0.6 is 0 Å². The lowest BCUT2D eigenvalue weighted by Gasteiger charge is -2.26. The van der Waals surface area contributed by atoms with Crippen LogP contribution in [0.1, 0.15) is 25.8 Å². The highest BCUT2D eigenvalue weighted by molar-refractivity contribution is 5.81. The molecule has 7 nitrogen and oxygen atoms in total. The lowest BCUT2D eigenvalue weighted by molar-refractivity contribution is 0.287. The summed E-state index contributed by atoms with van der Waals surface area (Å²) in [5.41, 5.74) is 3.90. The van der Waals surface area contributed by atoms with Gasteiger partial charge in [0.2, 0.25) is 5.95 Å². The Kier molecular flexibility index (Phi) is 5.97.